The first-order chi connectivity index (χ1) is 19.2. The van der Waals surface area contributed by atoms with Gasteiger partial charge in [-0.2, -0.15) is 0 Å². The van der Waals surface area contributed by atoms with Gasteiger partial charge in [0.05, 0.1) is 10.9 Å². The summed E-state index contributed by atoms with van der Waals surface area (Å²) in [5.74, 6) is 0.853. The minimum Gasteiger partial charge on any atom is -0.455 e. The van der Waals surface area contributed by atoms with E-state index in [1.165, 1.54) is 55.3 Å². The Morgan fingerprint density at radius 3 is 2.54 bits per heavy atom. The van der Waals surface area contributed by atoms with Crippen molar-refractivity contribution in [1.82, 2.24) is 4.57 Å². The van der Waals surface area contributed by atoms with Gasteiger partial charge < -0.3 is 8.98 Å². The van der Waals surface area contributed by atoms with E-state index in [1.54, 1.807) is 0 Å². The average Bonchev–Trinajstić information content (AvgIpc) is 3.53. The number of hydrogen-bond acceptors (Lipinski definition) is 1. The number of para-hydroxylation sites is 1. The summed E-state index contributed by atoms with van der Waals surface area (Å²) >= 11 is 0. The van der Waals surface area contributed by atoms with Crippen molar-refractivity contribution in [3.05, 3.63) is 132 Å². The van der Waals surface area contributed by atoms with E-state index < -0.39 is 0 Å². The van der Waals surface area contributed by atoms with Crippen LogP contribution in [-0.2, 0) is 6.42 Å². The van der Waals surface area contributed by atoms with E-state index in [0.29, 0.717) is 11.8 Å². The molecule has 2 aliphatic rings. The van der Waals surface area contributed by atoms with Crippen LogP contribution in [0.4, 0.5) is 0 Å². The Bertz CT molecular complexity index is 1980. The lowest BCUT2D eigenvalue weighted by atomic mass is 9.89. The van der Waals surface area contributed by atoms with Gasteiger partial charge in [-0.15, -0.1) is 0 Å². The highest BCUT2D eigenvalue weighted by atomic mass is 16.3. The largest absolute Gasteiger partial charge is 0.455 e. The van der Waals surface area contributed by atoms with Crippen molar-refractivity contribution >= 4 is 38.9 Å². The fourth-order valence-corrected chi connectivity index (χ4v) is 6.55. The van der Waals surface area contributed by atoms with Crippen molar-refractivity contribution in [2.24, 2.45) is 5.92 Å². The summed E-state index contributed by atoms with van der Waals surface area (Å²) in [7, 11) is 0. The third-order valence-corrected chi connectivity index (χ3v) is 8.44. The highest BCUT2D eigenvalue weighted by molar-refractivity contribution is 6.17. The molecule has 0 aliphatic heterocycles. The monoisotopic (exact) mass is 503 g/mol. The van der Waals surface area contributed by atoms with Crippen LogP contribution in [0.15, 0.2) is 120 Å². The van der Waals surface area contributed by atoms with Crippen molar-refractivity contribution < 1.29 is 4.42 Å². The number of benzene rings is 4. The van der Waals surface area contributed by atoms with E-state index in [4.69, 9.17) is 4.42 Å². The van der Waals surface area contributed by atoms with Crippen molar-refractivity contribution in [1.29, 1.82) is 0 Å². The number of nitrogens with zero attached hydrogens (tertiary/aromatic N) is 1. The predicted molar refractivity (Wildman–Crippen MR) is 164 cm³/mol. The van der Waals surface area contributed by atoms with E-state index in [9.17, 15) is 0 Å². The van der Waals surface area contributed by atoms with E-state index in [0.717, 1.165) is 24.0 Å². The highest BCUT2D eigenvalue weighted by Crippen LogP contribution is 2.43. The van der Waals surface area contributed by atoms with Crippen LogP contribution in [0.1, 0.15) is 36.1 Å². The Morgan fingerprint density at radius 2 is 1.67 bits per heavy atom. The van der Waals surface area contributed by atoms with Gasteiger partial charge in [0.15, 0.2) is 0 Å². The number of aromatic nitrogens is 1. The van der Waals surface area contributed by atoms with E-state index in [1.807, 2.05) is 0 Å². The molecule has 2 aromatic heterocycles. The molecule has 2 atom stereocenters. The van der Waals surface area contributed by atoms with Crippen LogP contribution in [-0.4, -0.2) is 4.57 Å². The number of fused-ring (bicyclic) bond motifs is 7. The second-order valence-electron chi connectivity index (χ2n) is 11.0. The smallest absolute Gasteiger partial charge is 0.145 e. The Balaban J connectivity index is 1.44. The third kappa shape index (κ3) is 3.55. The molecular weight excluding hydrogens is 474 g/mol. The normalized spacial score (nSPS) is 18.4. The summed E-state index contributed by atoms with van der Waals surface area (Å²) in [5.41, 5.74) is 10.9. The van der Waals surface area contributed by atoms with Gasteiger partial charge in [0.2, 0.25) is 0 Å². The van der Waals surface area contributed by atoms with Crippen LogP contribution in [0.25, 0.3) is 55.7 Å². The summed E-state index contributed by atoms with van der Waals surface area (Å²) in [5, 5.41) is 3.58. The lowest BCUT2D eigenvalue weighted by Crippen LogP contribution is -2.09. The molecule has 0 fully saturated rings. The second kappa shape index (κ2) is 8.74. The predicted octanol–water partition coefficient (Wildman–Crippen LogP) is 10.0. The number of rotatable bonds is 3. The molecule has 2 aliphatic carbocycles. The van der Waals surface area contributed by atoms with Gasteiger partial charge in [-0.1, -0.05) is 98.0 Å². The molecule has 4 aromatic carbocycles. The van der Waals surface area contributed by atoms with Gasteiger partial charge in [-0.25, -0.2) is 0 Å². The summed E-state index contributed by atoms with van der Waals surface area (Å²) in [6.45, 7) is 2.31. The summed E-state index contributed by atoms with van der Waals surface area (Å²) in [4.78, 5) is 0. The van der Waals surface area contributed by atoms with Gasteiger partial charge in [0.1, 0.15) is 11.2 Å². The lowest BCUT2D eigenvalue weighted by molar-refractivity contribution is 0.672. The highest BCUT2D eigenvalue weighted by Gasteiger charge is 2.25. The molecule has 0 saturated carbocycles. The lowest BCUT2D eigenvalue weighted by Gasteiger charge is -2.21. The van der Waals surface area contributed by atoms with Gasteiger partial charge in [0, 0.05) is 33.6 Å². The first kappa shape index (κ1) is 22.4. The molecule has 2 heterocycles. The van der Waals surface area contributed by atoms with Gasteiger partial charge in [0.25, 0.3) is 0 Å². The maximum atomic E-state index is 6.56. The first-order valence-electron chi connectivity index (χ1n) is 13.9. The van der Waals surface area contributed by atoms with Crippen LogP contribution in [0, 0.1) is 5.92 Å². The molecular formula is C37H29NO. The van der Waals surface area contributed by atoms with Crippen LogP contribution in [0.3, 0.4) is 0 Å². The fourth-order valence-electron chi connectivity index (χ4n) is 6.55. The molecule has 39 heavy (non-hydrogen) atoms. The quantitative estimate of drug-likeness (QED) is 0.235. The molecule has 6 aromatic rings. The molecule has 2 heteroatoms. The molecule has 0 saturated heterocycles. The Morgan fingerprint density at radius 1 is 0.795 bits per heavy atom. The molecule has 0 N–H and O–H groups in total. The molecule has 1 unspecified atom stereocenters. The van der Waals surface area contributed by atoms with Crippen LogP contribution < -0.4 is 0 Å². The van der Waals surface area contributed by atoms with Gasteiger partial charge in [-0.05, 0) is 65.8 Å². The molecule has 0 bridgehead atoms. The third-order valence-electron chi connectivity index (χ3n) is 8.44. The van der Waals surface area contributed by atoms with E-state index in [2.05, 4.69) is 133 Å². The standard InChI is InChI=1S/C37H29NO/c1-24-16-17-32-34(20-24)38(33-19-18-31-30-14-8-9-15-35(30)39-37(31)36(32)33)29-22-27(25-10-4-2-5-11-25)21-28(23-29)26-12-6-3-7-13-26/h2-12,14-19,21-24,26H,13,20H2,1H3/t24-,26?/m1/s1. The maximum absolute atomic E-state index is 6.56. The minimum atomic E-state index is 0.371. The Hall–Kier alpha value is -4.56. The zero-order valence-electron chi connectivity index (χ0n) is 22.0. The topological polar surface area (TPSA) is 18.1 Å². The van der Waals surface area contributed by atoms with Gasteiger partial charge >= 0.3 is 0 Å². The molecule has 0 radical (unpaired) electrons. The summed E-state index contributed by atoms with van der Waals surface area (Å²) in [6.07, 6.45) is 15.6. The number of furan rings is 1. The summed E-state index contributed by atoms with van der Waals surface area (Å²) in [6, 6.07) is 30.9. The van der Waals surface area contributed by atoms with Crippen molar-refractivity contribution in [3.63, 3.8) is 0 Å². The van der Waals surface area contributed by atoms with Gasteiger partial charge in [-0.3, -0.25) is 0 Å². The minimum absolute atomic E-state index is 0.371. The van der Waals surface area contributed by atoms with Crippen LogP contribution >= 0.6 is 0 Å². The Labute approximate surface area is 228 Å². The van der Waals surface area contributed by atoms with E-state index in [-0.39, 0.29) is 0 Å². The molecule has 8 rings (SSSR count). The zero-order valence-corrected chi connectivity index (χ0v) is 22.0. The van der Waals surface area contributed by atoms with Crippen molar-refractivity contribution in [2.45, 2.75) is 25.7 Å². The summed E-state index contributed by atoms with van der Waals surface area (Å²) < 4.78 is 9.07. The molecule has 0 amide bonds. The van der Waals surface area contributed by atoms with E-state index >= 15 is 0 Å². The fraction of sp³-hybridized carbons (Fsp3) is 0.135. The average molecular weight is 504 g/mol. The van der Waals surface area contributed by atoms with Crippen molar-refractivity contribution in [3.8, 4) is 16.8 Å². The van der Waals surface area contributed by atoms with Crippen LogP contribution in [0.5, 0.6) is 0 Å². The molecule has 188 valence electrons. The number of allylic oxidation sites excluding steroid dienone is 5. The van der Waals surface area contributed by atoms with Crippen molar-refractivity contribution in [2.75, 3.05) is 0 Å². The van der Waals surface area contributed by atoms with Crippen LogP contribution in [0.2, 0.25) is 0 Å². The zero-order chi connectivity index (χ0) is 25.9. The first-order valence-corrected chi connectivity index (χ1v) is 13.9. The SMILES string of the molecule is C[C@@H]1C=Cc2c(n(-c3cc(-c4ccccc4)cc(C4C=CC=CC4)c3)c3ccc4c5ccccc5oc4c23)C1. The second-order valence-corrected chi connectivity index (χ2v) is 11.0. The Kier molecular flexibility index (Phi) is 5.03. The molecule has 2 nitrogen and oxygen atoms in total. The molecule has 0 spiro atoms. The maximum Gasteiger partial charge on any atom is 0.145 e. The number of hydrogen-bond donors (Lipinski definition) is 0.